The fraction of sp³-hybridized carbons (Fsp3) is 0.559. The zero-order chi connectivity index (χ0) is 33.5. The van der Waals surface area contributed by atoms with E-state index in [2.05, 4.69) is 21.0 Å². The van der Waals surface area contributed by atoms with Crippen LogP contribution in [0.15, 0.2) is 42.6 Å². The molecule has 1 aliphatic heterocycles. The molecular formula is C34H49N5O6. The van der Waals surface area contributed by atoms with Crippen molar-refractivity contribution in [3.63, 3.8) is 0 Å². The fourth-order valence-electron chi connectivity index (χ4n) is 5.40. The zero-order valence-corrected chi connectivity index (χ0v) is 28.0. The minimum atomic E-state index is -1.14. The molecule has 0 radical (unpaired) electrons. The van der Waals surface area contributed by atoms with E-state index in [-0.39, 0.29) is 11.8 Å². The summed E-state index contributed by atoms with van der Waals surface area (Å²) in [5.74, 6) is -2.43. The third-order valence-corrected chi connectivity index (χ3v) is 8.33. The predicted molar refractivity (Wildman–Crippen MR) is 173 cm³/mol. The first kappa shape index (κ1) is 35.6. The molecule has 6 atom stereocenters. The van der Waals surface area contributed by atoms with E-state index < -0.39 is 53.5 Å². The number of allylic oxidation sites excluding steroid dienone is 1. The van der Waals surface area contributed by atoms with E-state index in [1.165, 1.54) is 12.1 Å². The summed E-state index contributed by atoms with van der Waals surface area (Å²) in [4.78, 5) is 57.4. The van der Waals surface area contributed by atoms with Gasteiger partial charge in [-0.3, -0.25) is 24.4 Å². The van der Waals surface area contributed by atoms with Crippen LogP contribution in [-0.2, 0) is 28.7 Å². The van der Waals surface area contributed by atoms with Gasteiger partial charge in [0.1, 0.15) is 23.7 Å². The molecule has 1 aromatic carbocycles. The number of ether oxygens (including phenoxy) is 2. The van der Waals surface area contributed by atoms with Crippen LogP contribution in [0.25, 0.3) is 10.8 Å². The highest BCUT2D eigenvalue weighted by molar-refractivity contribution is 5.93. The number of pyridine rings is 1. The Bertz CT molecular complexity index is 1410. The molecule has 0 saturated carbocycles. The average Bonchev–Trinajstić information content (AvgIpc) is 3.00. The smallest absolute Gasteiger partial charge is 0.328 e. The normalized spacial score (nSPS) is 20.4. The molecule has 3 N–H and O–H groups in total. The van der Waals surface area contributed by atoms with Crippen LogP contribution in [0.4, 0.5) is 0 Å². The van der Waals surface area contributed by atoms with Gasteiger partial charge >= 0.3 is 5.97 Å². The molecule has 2 heterocycles. The van der Waals surface area contributed by atoms with Gasteiger partial charge in [-0.1, -0.05) is 45.1 Å². The number of carbonyl (C=O) groups is 4. The summed E-state index contributed by atoms with van der Waals surface area (Å²) in [6.45, 7) is 14.6. The molecule has 1 aliphatic rings. The van der Waals surface area contributed by atoms with Crippen LogP contribution >= 0.6 is 0 Å². The molecule has 3 rings (SSSR count). The summed E-state index contributed by atoms with van der Waals surface area (Å²) >= 11 is 0. The fourth-order valence-corrected chi connectivity index (χ4v) is 5.40. The Hall–Kier alpha value is -3.83. The first-order valence-electron chi connectivity index (χ1n) is 15.6. The monoisotopic (exact) mass is 623 g/mol. The van der Waals surface area contributed by atoms with Crippen molar-refractivity contribution in [2.45, 2.75) is 98.1 Å². The largest absolute Gasteiger partial charge is 0.456 e. The lowest BCUT2D eigenvalue weighted by Gasteiger charge is -2.41. The quantitative estimate of drug-likeness (QED) is 0.239. The zero-order valence-electron chi connectivity index (χ0n) is 28.0. The van der Waals surface area contributed by atoms with E-state index in [4.69, 9.17) is 9.47 Å². The molecule has 1 unspecified atom stereocenters. The molecule has 1 fully saturated rings. The number of carbonyl (C=O) groups excluding carboxylic acids is 4. The van der Waals surface area contributed by atoms with Crippen molar-refractivity contribution in [2.24, 2.45) is 11.8 Å². The third-order valence-electron chi connectivity index (χ3n) is 8.33. The number of aryl methyl sites for hydroxylation is 1. The number of methoxy groups -OCH3 is 1. The molecular weight excluding hydrogens is 574 g/mol. The average molecular weight is 624 g/mol. The molecule has 246 valence electrons. The number of aromatic nitrogens is 1. The standard InChI is InChI=1S/C34H49N5O6/c1-10-12-28(44-9)22(5)30(40)37-29(20(2)3)31(41)36-23(6)32(42)39-16-11-15-34(8,38-39)33(43)45-24(7)25-13-14-26-19-35-21(4)17-27(26)18-25/h10,12-14,17-20,22-24,28-29,38H,11,15-16H2,1-9H3,(H,36,41)(H,37,40)/b12-10+/t22-,23+,24-,28-,29+,34?/m1/s1. The Kier molecular flexibility index (Phi) is 12.2. The Labute approximate surface area is 266 Å². The van der Waals surface area contributed by atoms with Crippen molar-refractivity contribution in [2.75, 3.05) is 13.7 Å². The van der Waals surface area contributed by atoms with Gasteiger partial charge in [0.15, 0.2) is 0 Å². The van der Waals surface area contributed by atoms with Gasteiger partial charge in [0.2, 0.25) is 11.8 Å². The number of fused-ring (bicyclic) bond motifs is 1. The number of esters is 1. The van der Waals surface area contributed by atoms with Crippen LogP contribution in [0.3, 0.4) is 0 Å². The number of hydrogen-bond donors (Lipinski definition) is 3. The first-order valence-corrected chi connectivity index (χ1v) is 15.6. The molecule has 2 aromatic rings. The molecule has 3 amide bonds. The topological polar surface area (TPSA) is 139 Å². The summed E-state index contributed by atoms with van der Waals surface area (Å²) in [5, 5.41) is 8.95. The van der Waals surface area contributed by atoms with E-state index >= 15 is 0 Å². The summed E-state index contributed by atoms with van der Waals surface area (Å²) in [6, 6.07) is 6.08. The van der Waals surface area contributed by atoms with Gasteiger partial charge in [-0.15, -0.1) is 0 Å². The lowest BCUT2D eigenvalue weighted by Crippen LogP contribution is -2.65. The van der Waals surface area contributed by atoms with Crippen molar-refractivity contribution in [1.82, 2.24) is 26.1 Å². The minimum absolute atomic E-state index is 0.234. The Morgan fingerprint density at radius 2 is 1.76 bits per heavy atom. The maximum Gasteiger partial charge on any atom is 0.328 e. The number of hydrogen-bond acceptors (Lipinski definition) is 8. The maximum absolute atomic E-state index is 13.4. The van der Waals surface area contributed by atoms with Crippen LogP contribution in [0.2, 0.25) is 0 Å². The van der Waals surface area contributed by atoms with Crippen molar-refractivity contribution < 1.29 is 28.7 Å². The van der Waals surface area contributed by atoms with Crippen molar-refractivity contribution in [1.29, 1.82) is 0 Å². The third kappa shape index (κ3) is 8.88. The van der Waals surface area contributed by atoms with Gasteiger partial charge in [0.25, 0.3) is 5.91 Å². The van der Waals surface area contributed by atoms with Gasteiger partial charge in [-0.2, -0.15) is 0 Å². The second-order valence-electron chi connectivity index (χ2n) is 12.5. The number of benzene rings is 1. The summed E-state index contributed by atoms with van der Waals surface area (Å²) in [6.07, 6.45) is 5.50. The molecule has 1 aromatic heterocycles. The van der Waals surface area contributed by atoms with Gasteiger partial charge in [0, 0.05) is 30.9 Å². The summed E-state index contributed by atoms with van der Waals surface area (Å²) < 4.78 is 11.3. The van der Waals surface area contributed by atoms with E-state index in [9.17, 15) is 19.2 Å². The van der Waals surface area contributed by atoms with E-state index in [0.717, 1.165) is 22.0 Å². The Morgan fingerprint density at radius 1 is 1.04 bits per heavy atom. The highest BCUT2D eigenvalue weighted by Crippen LogP contribution is 2.27. The minimum Gasteiger partial charge on any atom is -0.456 e. The molecule has 0 aliphatic carbocycles. The number of amides is 3. The number of hydrazine groups is 1. The van der Waals surface area contributed by atoms with E-state index in [0.29, 0.717) is 19.4 Å². The van der Waals surface area contributed by atoms with E-state index in [1.54, 1.807) is 32.9 Å². The van der Waals surface area contributed by atoms with Gasteiger partial charge in [0.05, 0.1) is 12.0 Å². The SMILES string of the molecule is C/C=C/[C@@H](OC)[C@@H](C)C(=O)N[C@H](C(=O)N[C@@H](C)C(=O)N1CCCC(C)(C(=O)O[C@H](C)c2ccc3cnc(C)cc3c2)N1)C(C)C. The number of nitrogens with zero attached hydrogens (tertiary/aromatic N) is 2. The highest BCUT2D eigenvalue weighted by Gasteiger charge is 2.42. The highest BCUT2D eigenvalue weighted by atomic mass is 16.5. The molecule has 1 saturated heterocycles. The van der Waals surface area contributed by atoms with E-state index in [1.807, 2.05) is 65.1 Å². The molecule has 11 heteroatoms. The van der Waals surface area contributed by atoms with Gasteiger partial charge < -0.3 is 20.1 Å². The molecule has 11 nitrogen and oxygen atoms in total. The van der Waals surface area contributed by atoms with Gasteiger partial charge in [-0.25, -0.2) is 10.2 Å². The first-order chi connectivity index (χ1) is 21.2. The van der Waals surface area contributed by atoms with Crippen molar-refractivity contribution in [3.8, 4) is 0 Å². The van der Waals surface area contributed by atoms with Gasteiger partial charge in [-0.05, 0) is 76.5 Å². The predicted octanol–water partition coefficient (Wildman–Crippen LogP) is 3.91. The van der Waals surface area contributed by atoms with Crippen molar-refractivity contribution in [3.05, 3.63) is 53.9 Å². The van der Waals surface area contributed by atoms with Crippen molar-refractivity contribution >= 4 is 34.5 Å². The molecule has 0 spiro atoms. The van der Waals surface area contributed by atoms with Crippen LogP contribution in [0.5, 0.6) is 0 Å². The maximum atomic E-state index is 13.4. The Balaban J connectivity index is 1.63. The second-order valence-corrected chi connectivity index (χ2v) is 12.5. The van der Waals surface area contributed by atoms with Crippen LogP contribution in [0.1, 0.15) is 78.7 Å². The van der Waals surface area contributed by atoms with Crippen LogP contribution in [0, 0.1) is 18.8 Å². The summed E-state index contributed by atoms with van der Waals surface area (Å²) in [7, 11) is 1.53. The lowest BCUT2D eigenvalue weighted by molar-refractivity contribution is -0.164. The van der Waals surface area contributed by atoms with Crippen LogP contribution < -0.4 is 16.1 Å². The second kappa shape index (κ2) is 15.4. The number of rotatable bonds is 12. The van der Waals surface area contributed by atoms with Crippen LogP contribution in [-0.4, -0.2) is 71.1 Å². The Morgan fingerprint density at radius 3 is 2.40 bits per heavy atom. The number of nitrogens with one attached hydrogen (secondary N) is 3. The molecule has 0 bridgehead atoms. The summed E-state index contributed by atoms with van der Waals surface area (Å²) in [5.41, 5.74) is 3.68. The lowest BCUT2D eigenvalue weighted by atomic mass is 9.94. The molecule has 45 heavy (non-hydrogen) atoms.